The van der Waals surface area contributed by atoms with Crippen molar-refractivity contribution in [2.75, 3.05) is 11.4 Å². The lowest BCUT2D eigenvalue weighted by Gasteiger charge is -2.25. The van der Waals surface area contributed by atoms with E-state index in [1.54, 1.807) is 55.6 Å². The van der Waals surface area contributed by atoms with Crippen molar-refractivity contribution in [3.8, 4) is 11.4 Å². The Labute approximate surface area is 174 Å². The Bertz CT molecular complexity index is 1210. The molecule has 0 unspecified atom stereocenters. The highest BCUT2D eigenvalue weighted by Gasteiger charge is 2.26. The lowest BCUT2D eigenvalue weighted by molar-refractivity contribution is 0.415. The molecule has 4 aromatic rings. The molecule has 9 heteroatoms. The number of benzene rings is 3. The van der Waals surface area contributed by atoms with Crippen molar-refractivity contribution in [3.05, 3.63) is 90.8 Å². The van der Waals surface area contributed by atoms with Crippen molar-refractivity contribution in [2.45, 2.75) is 11.4 Å². The lowest BCUT2D eigenvalue weighted by atomic mass is 10.2. The van der Waals surface area contributed by atoms with E-state index in [-0.39, 0.29) is 11.4 Å². The van der Waals surface area contributed by atoms with Crippen LogP contribution in [0.4, 0.5) is 5.69 Å². The Kier molecular flexibility index (Phi) is 5.44. The zero-order valence-corrected chi connectivity index (χ0v) is 17.0. The standard InChI is InChI=1S/C21H19N5O3S/c1-29-20-12-10-18(11-13-20)26(15-17-6-3-2-4-7-17)30(27,28)21-9-5-8-19(14-21)25-16-22-23-24-25/h2-14,16H,15H2,1H3. The van der Waals surface area contributed by atoms with Gasteiger partial charge in [0.05, 0.1) is 29.9 Å². The maximum absolute atomic E-state index is 13.6. The highest BCUT2D eigenvalue weighted by molar-refractivity contribution is 7.92. The maximum Gasteiger partial charge on any atom is 0.264 e. The molecule has 8 nitrogen and oxygen atoms in total. The van der Waals surface area contributed by atoms with Crippen LogP contribution in [-0.2, 0) is 16.6 Å². The summed E-state index contributed by atoms with van der Waals surface area (Å²) in [6.07, 6.45) is 1.41. The smallest absolute Gasteiger partial charge is 0.264 e. The fourth-order valence-corrected chi connectivity index (χ4v) is 4.50. The predicted molar refractivity (Wildman–Crippen MR) is 112 cm³/mol. The predicted octanol–water partition coefficient (Wildman–Crippen LogP) is 3.07. The van der Waals surface area contributed by atoms with Crippen LogP contribution in [0.5, 0.6) is 5.75 Å². The first kappa shape index (κ1) is 19.6. The summed E-state index contributed by atoms with van der Waals surface area (Å²) in [7, 11) is -2.31. The molecule has 0 amide bonds. The molecular formula is C21H19N5O3S. The van der Waals surface area contributed by atoms with Crippen LogP contribution in [0.25, 0.3) is 5.69 Å². The van der Waals surface area contributed by atoms with Crippen molar-refractivity contribution in [2.24, 2.45) is 0 Å². The first-order valence-corrected chi connectivity index (χ1v) is 10.6. The van der Waals surface area contributed by atoms with Gasteiger partial charge in [-0.15, -0.1) is 5.10 Å². The minimum absolute atomic E-state index is 0.141. The number of methoxy groups -OCH3 is 1. The molecule has 0 saturated carbocycles. The Morgan fingerprint density at radius 3 is 2.40 bits per heavy atom. The molecule has 0 atom stereocenters. The highest BCUT2D eigenvalue weighted by atomic mass is 32.2. The van der Waals surface area contributed by atoms with E-state index in [0.717, 1.165) is 5.56 Å². The SMILES string of the molecule is COc1ccc(N(Cc2ccccc2)S(=O)(=O)c2cccc(-n3cnnn3)c2)cc1. The zero-order chi connectivity index (χ0) is 21.0. The van der Waals surface area contributed by atoms with Gasteiger partial charge >= 0.3 is 0 Å². The molecule has 30 heavy (non-hydrogen) atoms. The monoisotopic (exact) mass is 421 g/mol. The normalized spacial score (nSPS) is 11.2. The van der Waals surface area contributed by atoms with Crippen LogP contribution < -0.4 is 9.04 Å². The van der Waals surface area contributed by atoms with Crippen LogP contribution in [0.3, 0.4) is 0 Å². The van der Waals surface area contributed by atoms with Gasteiger partial charge in [0.25, 0.3) is 10.0 Å². The topological polar surface area (TPSA) is 90.2 Å². The van der Waals surface area contributed by atoms with E-state index in [9.17, 15) is 8.42 Å². The molecule has 0 radical (unpaired) electrons. The number of anilines is 1. The summed E-state index contributed by atoms with van der Waals surface area (Å²) in [6, 6.07) is 22.9. The molecule has 0 aliphatic heterocycles. The third kappa shape index (κ3) is 4.01. The molecule has 0 N–H and O–H groups in total. The first-order valence-electron chi connectivity index (χ1n) is 9.12. The van der Waals surface area contributed by atoms with Crippen LogP contribution in [0, 0.1) is 0 Å². The fraction of sp³-hybridized carbons (Fsp3) is 0.0952. The number of aromatic nitrogens is 4. The second-order valence-electron chi connectivity index (χ2n) is 6.45. The highest BCUT2D eigenvalue weighted by Crippen LogP contribution is 2.28. The molecule has 0 bridgehead atoms. The summed E-state index contributed by atoms with van der Waals surface area (Å²) in [5.41, 5.74) is 1.96. The third-order valence-electron chi connectivity index (χ3n) is 4.55. The average Bonchev–Trinajstić information content (AvgIpc) is 3.33. The maximum atomic E-state index is 13.6. The van der Waals surface area contributed by atoms with E-state index in [0.29, 0.717) is 17.1 Å². The Balaban J connectivity index is 1.77. The number of hydrogen-bond donors (Lipinski definition) is 0. The van der Waals surface area contributed by atoms with Gasteiger partial charge in [-0.25, -0.2) is 13.1 Å². The summed E-state index contributed by atoms with van der Waals surface area (Å²) in [5, 5.41) is 11.0. The number of ether oxygens (including phenoxy) is 1. The number of tetrazole rings is 1. The van der Waals surface area contributed by atoms with E-state index in [1.807, 2.05) is 30.3 Å². The van der Waals surface area contributed by atoms with E-state index >= 15 is 0 Å². The van der Waals surface area contributed by atoms with Gasteiger partial charge in [0.15, 0.2) is 0 Å². The Morgan fingerprint density at radius 1 is 0.967 bits per heavy atom. The first-order chi connectivity index (χ1) is 14.6. The molecule has 1 aromatic heterocycles. The van der Waals surface area contributed by atoms with Gasteiger partial charge in [0.2, 0.25) is 0 Å². The van der Waals surface area contributed by atoms with Crippen LogP contribution in [0.15, 0.2) is 90.1 Å². The largest absolute Gasteiger partial charge is 0.497 e. The van der Waals surface area contributed by atoms with Gasteiger partial charge in [-0.2, -0.15) is 0 Å². The van der Waals surface area contributed by atoms with Gasteiger partial charge in [-0.05, 0) is 58.5 Å². The molecule has 0 fully saturated rings. The number of hydrogen-bond acceptors (Lipinski definition) is 6. The summed E-state index contributed by atoms with van der Waals surface area (Å²) < 4.78 is 35.3. The average molecular weight is 421 g/mol. The lowest BCUT2D eigenvalue weighted by Crippen LogP contribution is -2.30. The van der Waals surface area contributed by atoms with E-state index in [2.05, 4.69) is 15.5 Å². The number of rotatable bonds is 7. The second-order valence-corrected chi connectivity index (χ2v) is 8.31. The van der Waals surface area contributed by atoms with Crippen LogP contribution in [0.1, 0.15) is 5.56 Å². The quantitative estimate of drug-likeness (QED) is 0.456. The minimum atomic E-state index is -3.87. The molecule has 0 aliphatic rings. The molecular weight excluding hydrogens is 402 g/mol. The van der Waals surface area contributed by atoms with Crippen LogP contribution >= 0.6 is 0 Å². The third-order valence-corrected chi connectivity index (χ3v) is 6.32. The zero-order valence-electron chi connectivity index (χ0n) is 16.2. The Morgan fingerprint density at radius 2 is 1.73 bits per heavy atom. The molecule has 1 heterocycles. The number of nitrogens with zero attached hydrogens (tertiary/aromatic N) is 5. The fourth-order valence-electron chi connectivity index (χ4n) is 3.01. The number of sulfonamides is 1. The van der Waals surface area contributed by atoms with Gasteiger partial charge in [-0.3, -0.25) is 4.31 Å². The molecule has 0 saturated heterocycles. The minimum Gasteiger partial charge on any atom is -0.497 e. The van der Waals surface area contributed by atoms with Crippen molar-refractivity contribution in [1.29, 1.82) is 0 Å². The van der Waals surface area contributed by atoms with Crippen molar-refractivity contribution < 1.29 is 13.2 Å². The summed E-state index contributed by atoms with van der Waals surface area (Å²) in [6.45, 7) is 0.185. The molecule has 3 aromatic carbocycles. The van der Waals surface area contributed by atoms with Crippen molar-refractivity contribution in [1.82, 2.24) is 20.2 Å². The van der Waals surface area contributed by atoms with Crippen molar-refractivity contribution in [3.63, 3.8) is 0 Å². The van der Waals surface area contributed by atoms with Gasteiger partial charge in [0, 0.05) is 0 Å². The van der Waals surface area contributed by atoms with Crippen LogP contribution in [-0.4, -0.2) is 35.7 Å². The summed E-state index contributed by atoms with van der Waals surface area (Å²) >= 11 is 0. The Hall–Kier alpha value is -3.72. The molecule has 152 valence electrons. The van der Waals surface area contributed by atoms with E-state index in [1.165, 1.54) is 15.3 Å². The van der Waals surface area contributed by atoms with Gasteiger partial charge < -0.3 is 4.74 Å². The van der Waals surface area contributed by atoms with Gasteiger partial charge in [0.1, 0.15) is 12.1 Å². The van der Waals surface area contributed by atoms with Gasteiger partial charge in [-0.1, -0.05) is 36.4 Å². The second kappa shape index (κ2) is 8.34. The van der Waals surface area contributed by atoms with Crippen molar-refractivity contribution >= 4 is 15.7 Å². The molecule has 4 rings (SSSR count). The van der Waals surface area contributed by atoms with E-state index in [4.69, 9.17) is 4.74 Å². The summed E-state index contributed by atoms with van der Waals surface area (Å²) in [5.74, 6) is 0.650. The molecule has 0 aliphatic carbocycles. The van der Waals surface area contributed by atoms with E-state index < -0.39 is 10.0 Å². The molecule has 0 spiro atoms. The summed E-state index contributed by atoms with van der Waals surface area (Å²) in [4.78, 5) is 0.141. The van der Waals surface area contributed by atoms with Crippen LogP contribution in [0.2, 0.25) is 0 Å².